The molecule has 3 aromatic rings. The van der Waals surface area contributed by atoms with Gasteiger partial charge in [0, 0.05) is 42.7 Å². The number of nitrogens with one attached hydrogen (secondary N) is 1. The zero-order valence-corrected chi connectivity index (χ0v) is 19.6. The predicted molar refractivity (Wildman–Crippen MR) is 128 cm³/mol. The zero-order valence-electron chi connectivity index (χ0n) is 17.0. The molecule has 158 valence electrons. The van der Waals surface area contributed by atoms with Crippen molar-refractivity contribution in [2.45, 2.75) is 26.8 Å². The van der Waals surface area contributed by atoms with Gasteiger partial charge in [0.1, 0.15) is 5.75 Å². The smallest absolute Gasteiger partial charge is 0.227 e. The summed E-state index contributed by atoms with van der Waals surface area (Å²) in [4.78, 5) is 20.8. The van der Waals surface area contributed by atoms with Gasteiger partial charge in [-0.3, -0.25) is 9.48 Å². The minimum absolute atomic E-state index is 0. The SMILES string of the molecule is CCC(=O)c1cc(/C=C/c2cnc(Nc3cnn(CC)c3)nc2)c(Br)c(OC)c1.S. The lowest BCUT2D eigenvalue weighted by Gasteiger charge is -2.09. The van der Waals surface area contributed by atoms with E-state index >= 15 is 0 Å². The van der Waals surface area contributed by atoms with Crippen LogP contribution in [-0.4, -0.2) is 32.6 Å². The largest absolute Gasteiger partial charge is 0.496 e. The van der Waals surface area contributed by atoms with Gasteiger partial charge >= 0.3 is 0 Å². The first-order valence-corrected chi connectivity index (χ1v) is 10.0. The Hall–Kier alpha value is -2.65. The van der Waals surface area contributed by atoms with Crippen molar-refractivity contribution in [3.63, 3.8) is 0 Å². The number of hydrogen-bond donors (Lipinski definition) is 1. The van der Waals surface area contributed by atoms with Crippen LogP contribution in [-0.2, 0) is 6.54 Å². The Morgan fingerprint density at radius 3 is 2.53 bits per heavy atom. The van der Waals surface area contributed by atoms with Crippen LogP contribution in [0, 0.1) is 0 Å². The Morgan fingerprint density at radius 2 is 1.93 bits per heavy atom. The first kappa shape index (κ1) is 23.6. The predicted octanol–water partition coefficient (Wildman–Crippen LogP) is 5.08. The van der Waals surface area contributed by atoms with E-state index in [4.69, 9.17) is 4.74 Å². The maximum absolute atomic E-state index is 12.1. The molecule has 0 aliphatic heterocycles. The van der Waals surface area contributed by atoms with Crippen molar-refractivity contribution < 1.29 is 9.53 Å². The minimum Gasteiger partial charge on any atom is -0.496 e. The third-order valence-corrected chi connectivity index (χ3v) is 5.12. The van der Waals surface area contributed by atoms with Crippen LogP contribution < -0.4 is 10.1 Å². The molecule has 30 heavy (non-hydrogen) atoms. The van der Waals surface area contributed by atoms with Crippen LogP contribution in [0.2, 0.25) is 0 Å². The van der Waals surface area contributed by atoms with Crippen molar-refractivity contribution in [1.82, 2.24) is 19.7 Å². The van der Waals surface area contributed by atoms with Gasteiger partial charge in [0.2, 0.25) is 5.95 Å². The van der Waals surface area contributed by atoms with Crippen LogP contribution in [0.3, 0.4) is 0 Å². The lowest BCUT2D eigenvalue weighted by Crippen LogP contribution is -1.99. The summed E-state index contributed by atoms with van der Waals surface area (Å²) in [6.45, 7) is 4.67. The molecular weight excluding hydrogens is 466 g/mol. The number of rotatable bonds is 8. The normalized spacial score (nSPS) is 10.7. The van der Waals surface area contributed by atoms with Crippen LogP contribution >= 0.6 is 29.4 Å². The van der Waals surface area contributed by atoms with Crippen LogP contribution in [0.4, 0.5) is 11.6 Å². The summed E-state index contributed by atoms with van der Waals surface area (Å²) in [7, 11) is 1.58. The van der Waals surface area contributed by atoms with E-state index in [1.54, 1.807) is 31.8 Å². The summed E-state index contributed by atoms with van der Waals surface area (Å²) in [6.07, 6.45) is 11.3. The first-order valence-electron chi connectivity index (χ1n) is 9.24. The number of aromatic nitrogens is 4. The van der Waals surface area contributed by atoms with E-state index in [1.807, 2.05) is 42.9 Å². The molecule has 0 saturated heterocycles. The minimum atomic E-state index is 0. The van der Waals surface area contributed by atoms with Gasteiger partial charge in [-0.15, -0.1) is 0 Å². The summed E-state index contributed by atoms with van der Waals surface area (Å²) >= 11 is 3.54. The molecular formula is C21H24BrN5O2S. The second kappa shape index (κ2) is 10.9. The first-order chi connectivity index (χ1) is 14.0. The number of carbonyl (C=O) groups excluding carboxylic acids is 1. The summed E-state index contributed by atoms with van der Waals surface area (Å²) in [6, 6.07) is 3.59. The average molecular weight is 490 g/mol. The van der Waals surface area contributed by atoms with Crippen LogP contribution in [0.5, 0.6) is 5.75 Å². The van der Waals surface area contributed by atoms with Gasteiger partial charge in [-0.1, -0.05) is 19.1 Å². The number of carbonyl (C=O) groups is 1. The number of anilines is 2. The third kappa shape index (κ3) is 5.70. The van der Waals surface area contributed by atoms with Crippen LogP contribution in [0.15, 0.2) is 41.4 Å². The van der Waals surface area contributed by atoms with Gasteiger partial charge in [-0.2, -0.15) is 18.6 Å². The number of ether oxygens (including phenoxy) is 1. The molecule has 7 nitrogen and oxygen atoms in total. The van der Waals surface area contributed by atoms with Gasteiger partial charge in [0.15, 0.2) is 5.78 Å². The number of nitrogens with zero attached hydrogens (tertiary/aromatic N) is 4. The van der Waals surface area contributed by atoms with E-state index in [2.05, 4.69) is 36.3 Å². The number of halogens is 1. The van der Waals surface area contributed by atoms with Crippen molar-refractivity contribution in [2.75, 3.05) is 12.4 Å². The third-order valence-electron chi connectivity index (χ3n) is 4.27. The highest BCUT2D eigenvalue weighted by Crippen LogP contribution is 2.32. The molecule has 0 atom stereocenters. The Balaban J connectivity index is 0.00000320. The van der Waals surface area contributed by atoms with E-state index in [-0.39, 0.29) is 19.3 Å². The Kier molecular flexibility index (Phi) is 8.61. The Labute approximate surface area is 191 Å². The molecule has 0 aliphatic rings. The molecule has 0 radical (unpaired) electrons. The number of aryl methyl sites for hydroxylation is 1. The Morgan fingerprint density at radius 1 is 1.20 bits per heavy atom. The highest BCUT2D eigenvalue weighted by molar-refractivity contribution is 9.10. The quantitative estimate of drug-likeness (QED) is 0.444. The van der Waals surface area contributed by atoms with E-state index in [0.717, 1.165) is 27.8 Å². The molecule has 0 unspecified atom stereocenters. The number of Topliss-reactive ketones (excluding diaryl/α,β-unsaturated/α-hetero) is 1. The van der Waals surface area contributed by atoms with Gasteiger partial charge in [0.05, 0.1) is 23.5 Å². The molecule has 9 heteroatoms. The molecule has 1 N–H and O–H groups in total. The standard InChI is InChI=1S/C21H22BrN5O2.H2S/c1-4-18(28)16-8-15(20(22)19(9-16)29-3)7-6-14-10-23-21(24-11-14)26-17-12-25-27(5-2)13-17;/h6-13H,4-5H2,1-3H3,(H,23,24,26);1H2/b7-6+;. The number of ketones is 1. The van der Waals surface area contributed by atoms with Crippen molar-refractivity contribution in [2.24, 2.45) is 0 Å². The van der Waals surface area contributed by atoms with Crippen molar-refractivity contribution in [3.05, 3.63) is 58.1 Å². The molecule has 0 amide bonds. The summed E-state index contributed by atoms with van der Waals surface area (Å²) in [5.41, 5.74) is 3.13. The van der Waals surface area contributed by atoms with Gasteiger partial charge in [0.25, 0.3) is 0 Å². The number of benzene rings is 1. The fraction of sp³-hybridized carbons (Fsp3) is 0.238. The van der Waals surface area contributed by atoms with Crippen molar-refractivity contribution in [3.8, 4) is 5.75 Å². The molecule has 0 fully saturated rings. The maximum atomic E-state index is 12.1. The summed E-state index contributed by atoms with van der Waals surface area (Å²) < 4.78 is 7.99. The van der Waals surface area contributed by atoms with Gasteiger partial charge in [-0.25, -0.2) is 9.97 Å². The number of hydrogen-bond acceptors (Lipinski definition) is 6. The Bertz CT molecular complexity index is 1030. The van der Waals surface area contributed by atoms with Gasteiger partial charge < -0.3 is 10.1 Å². The molecule has 0 aliphatic carbocycles. The van der Waals surface area contributed by atoms with E-state index in [1.165, 1.54) is 0 Å². The van der Waals surface area contributed by atoms with E-state index < -0.39 is 0 Å². The lowest BCUT2D eigenvalue weighted by molar-refractivity contribution is 0.0987. The molecule has 3 rings (SSSR count). The summed E-state index contributed by atoms with van der Waals surface area (Å²) in [5, 5.41) is 7.33. The molecule has 1 aromatic carbocycles. The van der Waals surface area contributed by atoms with Crippen LogP contribution in [0.1, 0.15) is 41.8 Å². The molecule has 0 saturated carbocycles. The lowest BCUT2D eigenvalue weighted by atomic mass is 10.0. The highest BCUT2D eigenvalue weighted by atomic mass is 79.9. The maximum Gasteiger partial charge on any atom is 0.227 e. The fourth-order valence-electron chi connectivity index (χ4n) is 2.66. The number of methoxy groups -OCH3 is 1. The highest BCUT2D eigenvalue weighted by Gasteiger charge is 2.11. The molecule has 2 aromatic heterocycles. The second-order valence-electron chi connectivity index (χ2n) is 6.24. The summed E-state index contributed by atoms with van der Waals surface area (Å²) in [5.74, 6) is 1.18. The molecule has 0 spiro atoms. The zero-order chi connectivity index (χ0) is 20.8. The second-order valence-corrected chi connectivity index (χ2v) is 7.03. The van der Waals surface area contributed by atoms with E-state index in [9.17, 15) is 4.79 Å². The van der Waals surface area contributed by atoms with Crippen molar-refractivity contribution >= 4 is 59.0 Å². The van der Waals surface area contributed by atoms with Crippen LogP contribution in [0.25, 0.3) is 12.2 Å². The fourth-order valence-corrected chi connectivity index (χ4v) is 3.18. The van der Waals surface area contributed by atoms with Gasteiger partial charge in [-0.05, 0) is 40.5 Å². The molecule has 0 bridgehead atoms. The monoisotopic (exact) mass is 489 g/mol. The van der Waals surface area contributed by atoms with Crippen molar-refractivity contribution in [1.29, 1.82) is 0 Å². The molecule has 2 heterocycles. The topological polar surface area (TPSA) is 81.9 Å². The average Bonchev–Trinajstić information content (AvgIpc) is 3.21. The van der Waals surface area contributed by atoms with E-state index in [0.29, 0.717) is 23.7 Å².